The monoisotopic (exact) mass is 279 g/mol. The van der Waals surface area contributed by atoms with Gasteiger partial charge in [0.1, 0.15) is 0 Å². The molecule has 1 atom stereocenters. The smallest absolute Gasteiger partial charge is 0.0544 e. The van der Waals surface area contributed by atoms with E-state index in [9.17, 15) is 0 Å². The quantitative estimate of drug-likeness (QED) is 0.896. The second-order valence-corrected chi connectivity index (χ2v) is 6.74. The summed E-state index contributed by atoms with van der Waals surface area (Å²) in [6.45, 7) is 9.72. The van der Waals surface area contributed by atoms with E-state index in [-0.39, 0.29) is 0 Å². The fourth-order valence-electron chi connectivity index (χ4n) is 2.18. The lowest BCUT2D eigenvalue weighted by Crippen LogP contribution is -2.39. The van der Waals surface area contributed by atoms with Crippen molar-refractivity contribution in [1.82, 2.24) is 15.2 Å². The first-order valence-electron chi connectivity index (χ1n) is 7.14. The third kappa shape index (κ3) is 4.79. The molecule has 0 aliphatic carbocycles. The fourth-order valence-corrected chi connectivity index (χ4v) is 3.26. The van der Waals surface area contributed by atoms with E-state index < -0.39 is 0 Å². The topological polar surface area (TPSA) is 28.2 Å². The van der Waals surface area contributed by atoms with Gasteiger partial charge in [-0.1, -0.05) is 19.9 Å². The number of hydrogen-bond donors (Lipinski definition) is 1. The molecule has 0 amide bonds. The van der Waals surface area contributed by atoms with Crippen molar-refractivity contribution in [1.29, 1.82) is 0 Å². The Labute approximate surface area is 121 Å². The predicted octanol–water partition coefficient (Wildman–Crippen LogP) is 2.52. The zero-order chi connectivity index (χ0) is 13.7. The predicted molar refractivity (Wildman–Crippen MR) is 83.4 cm³/mol. The van der Waals surface area contributed by atoms with Gasteiger partial charge in [0.2, 0.25) is 0 Å². The van der Waals surface area contributed by atoms with Gasteiger partial charge >= 0.3 is 0 Å². The summed E-state index contributed by atoms with van der Waals surface area (Å²) in [6, 6.07) is 5.56. The van der Waals surface area contributed by atoms with Gasteiger partial charge < -0.3 is 5.32 Å². The van der Waals surface area contributed by atoms with Crippen molar-refractivity contribution in [2.45, 2.75) is 45.9 Å². The van der Waals surface area contributed by atoms with Crippen molar-refractivity contribution in [2.75, 3.05) is 18.1 Å². The van der Waals surface area contributed by atoms with Crippen LogP contribution in [0.3, 0.4) is 0 Å². The molecule has 2 rings (SSSR count). The molecule has 1 unspecified atom stereocenters. The van der Waals surface area contributed by atoms with E-state index in [1.54, 1.807) is 0 Å². The second-order valence-electron chi connectivity index (χ2n) is 5.59. The minimum absolute atomic E-state index is 0.520. The number of nitrogens with one attached hydrogen (secondary N) is 1. The van der Waals surface area contributed by atoms with Crippen molar-refractivity contribution >= 4 is 11.8 Å². The van der Waals surface area contributed by atoms with E-state index in [2.05, 4.69) is 59.9 Å². The van der Waals surface area contributed by atoms with Crippen LogP contribution in [0.15, 0.2) is 18.3 Å². The number of nitrogens with zero attached hydrogens (tertiary/aromatic N) is 2. The summed E-state index contributed by atoms with van der Waals surface area (Å²) >= 11 is 2.06. The van der Waals surface area contributed by atoms with Crippen LogP contribution in [-0.4, -0.2) is 40.0 Å². The third-order valence-electron chi connectivity index (χ3n) is 3.47. The van der Waals surface area contributed by atoms with Crippen LogP contribution >= 0.6 is 11.8 Å². The molecule has 0 bridgehead atoms. The molecule has 1 N–H and O–H groups in total. The SMILES string of the molecule is CC(C)NCc1ccc(CN2CCSCC2C)nc1. The van der Waals surface area contributed by atoms with Gasteiger partial charge in [0.15, 0.2) is 0 Å². The van der Waals surface area contributed by atoms with Gasteiger partial charge in [0.25, 0.3) is 0 Å². The highest BCUT2D eigenvalue weighted by molar-refractivity contribution is 7.99. The zero-order valence-corrected chi connectivity index (χ0v) is 13.0. The van der Waals surface area contributed by atoms with E-state index in [4.69, 9.17) is 0 Å². The maximum absolute atomic E-state index is 4.60. The van der Waals surface area contributed by atoms with Crippen LogP contribution in [0.1, 0.15) is 32.0 Å². The summed E-state index contributed by atoms with van der Waals surface area (Å²) < 4.78 is 0. The minimum Gasteiger partial charge on any atom is -0.310 e. The van der Waals surface area contributed by atoms with Crippen LogP contribution in [0.4, 0.5) is 0 Å². The van der Waals surface area contributed by atoms with Gasteiger partial charge in [0.05, 0.1) is 5.69 Å². The van der Waals surface area contributed by atoms with Crippen molar-refractivity contribution in [3.05, 3.63) is 29.6 Å². The van der Waals surface area contributed by atoms with Gasteiger partial charge in [-0.05, 0) is 18.6 Å². The molecule has 19 heavy (non-hydrogen) atoms. The molecule has 4 heteroatoms. The largest absolute Gasteiger partial charge is 0.310 e. The standard InChI is InChI=1S/C15H25N3S/c1-12(2)16-8-14-4-5-15(17-9-14)10-18-6-7-19-11-13(18)3/h4-5,9,12-13,16H,6-8,10-11H2,1-3H3. The first-order valence-corrected chi connectivity index (χ1v) is 8.29. The molecule has 1 saturated heterocycles. The van der Waals surface area contributed by atoms with Crippen molar-refractivity contribution in [3.63, 3.8) is 0 Å². The normalized spacial score (nSPS) is 20.9. The average molecular weight is 279 g/mol. The summed E-state index contributed by atoms with van der Waals surface area (Å²) in [7, 11) is 0. The fraction of sp³-hybridized carbons (Fsp3) is 0.667. The van der Waals surface area contributed by atoms with Crippen LogP contribution < -0.4 is 5.32 Å². The molecule has 1 aliphatic rings. The molecule has 3 nitrogen and oxygen atoms in total. The van der Waals surface area contributed by atoms with Crippen molar-refractivity contribution < 1.29 is 0 Å². The molecular formula is C15H25N3S. The summed E-state index contributed by atoms with van der Waals surface area (Å²) in [5.74, 6) is 2.50. The van der Waals surface area contributed by atoms with E-state index in [0.29, 0.717) is 12.1 Å². The van der Waals surface area contributed by atoms with Gasteiger partial charge in [-0.3, -0.25) is 9.88 Å². The summed E-state index contributed by atoms with van der Waals surface area (Å²) in [5.41, 5.74) is 2.45. The maximum atomic E-state index is 4.60. The molecule has 0 aromatic carbocycles. The molecular weight excluding hydrogens is 254 g/mol. The van der Waals surface area contributed by atoms with Gasteiger partial charge in [-0.25, -0.2) is 0 Å². The Balaban J connectivity index is 1.87. The van der Waals surface area contributed by atoms with Gasteiger partial charge in [-0.2, -0.15) is 11.8 Å². The number of pyridine rings is 1. The lowest BCUT2D eigenvalue weighted by Gasteiger charge is -2.32. The molecule has 0 radical (unpaired) electrons. The zero-order valence-electron chi connectivity index (χ0n) is 12.2. The number of thioether (sulfide) groups is 1. The Morgan fingerprint density at radius 2 is 2.32 bits per heavy atom. The molecule has 106 valence electrons. The Hall–Kier alpha value is -0.580. The van der Waals surface area contributed by atoms with E-state index in [0.717, 1.165) is 13.1 Å². The number of rotatable bonds is 5. The summed E-state index contributed by atoms with van der Waals surface area (Å²) in [5, 5.41) is 3.42. The Morgan fingerprint density at radius 1 is 1.47 bits per heavy atom. The first kappa shape index (κ1) is 14.8. The third-order valence-corrected chi connectivity index (χ3v) is 4.66. The van der Waals surface area contributed by atoms with Crippen molar-refractivity contribution in [3.8, 4) is 0 Å². The minimum atomic E-state index is 0.520. The van der Waals surface area contributed by atoms with Crippen LogP contribution in [0, 0.1) is 0 Å². The highest BCUT2D eigenvalue weighted by Crippen LogP contribution is 2.17. The Bertz CT molecular complexity index is 377. The molecule has 0 saturated carbocycles. The van der Waals surface area contributed by atoms with Crippen molar-refractivity contribution in [2.24, 2.45) is 0 Å². The van der Waals surface area contributed by atoms with Gasteiger partial charge in [-0.15, -0.1) is 0 Å². The van der Waals surface area contributed by atoms with Crippen LogP contribution in [0.2, 0.25) is 0 Å². The Morgan fingerprint density at radius 3 is 2.95 bits per heavy atom. The van der Waals surface area contributed by atoms with Crippen LogP contribution in [0.25, 0.3) is 0 Å². The summed E-state index contributed by atoms with van der Waals surface area (Å²) in [4.78, 5) is 7.13. The Kier molecular flexibility index (Phi) is 5.67. The molecule has 1 aromatic heterocycles. The average Bonchev–Trinajstić information content (AvgIpc) is 2.40. The number of hydrogen-bond acceptors (Lipinski definition) is 4. The lowest BCUT2D eigenvalue weighted by atomic mass is 10.2. The molecule has 1 aromatic rings. The lowest BCUT2D eigenvalue weighted by molar-refractivity contribution is 0.221. The molecule has 0 spiro atoms. The molecule has 1 fully saturated rings. The molecule has 2 heterocycles. The summed E-state index contributed by atoms with van der Waals surface area (Å²) in [6.07, 6.45) is 2.01. The highest BCUT2D eigenvalue weighted by atomic mass is 32.2. The second kappa shape index (κ2) is 7.27. The molecule has 1 aliphatic heterocycles. The van der Waals surface area contributed by atoms with E-state index in [1.807, 2.05) is 6.20 Å². The van der Waals surface area contributed by atoms with Crippen LogP contribution in [-0.2, 0) is 13.1 Å². The van der Waals surface area contributed by atoms with Gasteiger partial charge in [0, 0.05) is 49.4 Å². The number of aromatic nitrogens is 1. The maximum Gasteiger partial charge on any atom is 0.0544 e. The van der Waals surface area contributed by atoms with E-state index >= 15 is 0 Å². The highest BCUT2D eigenvalue weighted by Gasteiger charge is 2.18. The van der Waals surface area contributed by atoms with E-state index in [1.165, 1.54) is 29.3 Å². The first-order chi connectivity index (χ1) is 9.15. The van der Waals surface area contributed by atoms with Crippen LogP contribution in [0.5, 0.6) is 0 Å².